The Labute approximate surface area is 184 Å². The van der Waals surface area contributed by atoms with Gasteiger partial charge in [-0.2, -0.15) is 0 Å². The molecule has 0 aliphatic heterocycles. The number of nitrogens with one attached hydrogen (secondary N) is 3. The monoisotopic (exact) mass is 471 g/mol. The van der Waals surface area contributed by atoms with Crippen LogP contribution in [-0.2, 0) is 21.2 Å². The van der Waals surface area contributed by atoms with Crippen molar-refractivity contribution in [3.05, 3.63) is 28.6 Å². The van der Waals surface area contributed by atoms with Crippen molar-refractivity contribution in [1.29, 1.82) is 0 Å². The summed E-state index contributed by atoms with van der Waals surface area (Å²) in [5.41, 5.74) is 0.804. The molecule has 0 aliphatic carbocycles. The Hall–Kier alpha value is -2.90. The van der Waals surface area contributed by atoms with Gasteiger partial charge in [-0.25, -0.2) is 27.7 Å². The minimum atomic E-state index is -4.08. The maximum absolute atomic E-state index is 12.6. The highest BCUT2D eigenvalue weighted by Crippen LogP contribution is 2.26. The van der Waals surface area contributed by atoms with Gasteiger partial charge in [-0.15, -0.1) is 11.3 Å². The lowest BCUT2D eigenvalue weighted by Gasteiger charge is -2.13. The van der Waals surface area contributed by atoms with E-state index in [0.29, 0.717) is 18.8 Å². The SMILES string of the molecule is COCCc1sc(S(=O)(=O)NC(=O)Nc2cc(OC)cc(NC(=O)N(C)C)n2)cc1C. The Bertz CT molecular complexity index is 1050. The molecule has 0 fully saturated rings. The number of methoxy groups -OCH3 is 2. The lowest BCUT2D eigenvalue weighted by molar-refractivity contribution is 0.203. The summed E-state index contributed by atoms with van der Waals surface area (Å²) in [5.74, 6) is 0.413. The molecule has 2 rings (SSSR count). The van der Waals surface area contributed by atoms with Crippen LogP contribution in [-0.4, -0.2) is 65.3 Å². The highest BCUT2D eigenvalue weighted by molar-refractivity contribution is 7.92. The first-order chi connectivity index (χ1) is 14.6. The fraction of sp³-hybridized carbons (Fsp3) is 0.389. The molecule has 0 bridgehead atoms. The number of nitrogens with zero attached hydrogens (tertiary/aromatic N) is 2. The Kier molecular flexibility index (Phi) is 8.19. The Morgan fingerprint density at radius 1 is 1.13 bits per heavy atom. The van der Waals surface area contributed by atoms with Gasteiger partial charge in [-0.1, -0.05) is 0 Å². The van der Waals surface area contributed by atoms with Crippen molar-refractivity contribution in [2.75, 3.05) is 45.6 Å². The van der Waals surface area contributed by atoms with E-state index in [2.05, 4.69) is 15.6 Å². The third-order valence-electron chi connectivity index (χ3n) is 3.94. The normalized spacial score (nSPS) is 11.0. The number of aromatic nitrogens is 1. The molecule has 11 nitrogen and oxygen atoms in total. The van der Waals surface area contributed by atoms with Crippen LogP contribution in [0.1, 0.15) is 10.4 Å². The summed E-state index contributed by atoms with van der Waals surface area (Å²) >= 11 is 1.07. The molecule has 0 unspecified atom stereocenters. The van der Waals surface area contributed by atoms with Crippen LogP contribution >= 0.6 is 11.3 Å². The van der Waals surface area contributed by atoms with Gasteiger partial charge in [0.05, 0.1) is 13.7 Å². The zero-order chi connectivity index (χ0) is 23.2. The van der Waals surface area contributed by atoms with Gasteiger partial charge in [-0.3, -0.25) is 10.6 Å². The lowest BCUT2D eigenvalue weighted by Crippen LogP contribution is -2.34. The molecule has 0 saturated carbocycles. The molecule has 0 atom stereocenters. The second-order valence-corrected chi connectivity index (χ2v) is 9.62. The molecule has 0 aliphatic rings. The Balaban J connectivity index is 2.15. The highest BCUT2D eigenvalue weighted by Gasteiger charge is 2.22. The quantitative estimate of drug-likeness (QED) is 0.537. The van der Waals surface area contributed by atoms with E-state index in [1.165, 1.54) is 30.2 Å². The first-order valence-corrected chi connectivity index (χ1v) is 11.3. The third kappa shape index (κ3) is 6.80. The number of aryl methyl sites for hydroxylation is 1. The molecule has 4 amide bonds. The molecule has 0 spiro atoms. The van der Waals surface area contributed by atoms with E-state index < -0.39 is 22.1 Å². The van der Waals surface area contributed by atoms with Crippen LogP contribution in [0.4, 0.5) is 21.2 Å². The molecule has 13 heteroatoms. The molecule has 0 saturated heterocycles. The van der Waals surface area contributed by atoms with Crippen LogP contribution in [0.25, 0.3) is 0 Å². The second-order valence-electron chi connectivity index (χ2n) is 6.58. The fourth-order valence-electron chi connectivity index (χ4n) is 2.35. The smallest absolute Gasteiger partial charge is 0.334 e. The number of rotatable bonds is 8. The number of ether oxygens (including phenoxy) is 2. The van der Waals surface area contributed by atoms with Crippen molar-refractivity contribution in [3.63, 3.8) is 0 Å². The average Bonchev–Trinajstić information content (AvgIpc) is 3.07. The van der Waals surface area contributed by atoms with Crippen molar-refractivity contribution < 1.29 is 27.5 Å². The third-order valence-corrected chi connectivity index (χ3v) is 7.04. The minimum Gasteiger partial charge on any atom is -0.496 e. The molecular weight excluding hydrogens is 446 g/mol. The number of pyridine rings is 1. The topological polar surface area (TPSA) is 139 Å². The number of hydrogen-bond acceptors (Lipinski definition) is 8. The van der Waals surface area contributed by atoms with Crippen molar-refractivity contribution in [3.8, 4) is 5.75 Å². The van der Waals surface area contributed by atoms with Gasteiger partial charge in [0.1, 0.15) is 21.6 Å². The zero-order valence-electron chi connectivity index (χ0n) is 17.8. The van der Waals surface area contributed by atoms with Gasteiger partial charge in [0.2, 0.25) is 0 Å². The summed E-state index contributed by atoms with van der Waals surface area (Å²) < 4.78 is 37.3. The summed E-state index contributed by atoms with van der Waals surface area (Å²) in [6.07, 6.45) is 0.573. The molecule has 3 N–H and O–H groups in total. The number of carbonyl (C=O) groups is 2. The highest BCUT2D eigenvalue weighted by atomic mass is 32.2. The number of sulfonamides is 1. The zero-order valence-corrected chi connectivity index (χ0v) is 19.4. The molecule has 2 heterocycles. The van der Waals surface area contributed by atoms with Crippen LogP contribution in [0, 0.1) is 6.92 Å². The largest absolute Gasteiger partial charge is 0.496 e. The number of hydrogen-bond donors (Lipinski definition) is 3. The molecule has 0 radical (unpaired) electrons. The standard InChI is InChI=1S/C18H25N5O6S2/c1-11-8-16(30-13(11)6-7-28-4)31(26,27)22-17(24)20-14-9-12(29-5)10-15(19-14)21-18(25)23(2)3/h8-10H,6-7H2,1-5H3,(H3,19,20,21,22,24,25). The molecular formula is C18H25N5O6S2. The first kappa shape index (κ1) is 24.4. The molecule has 170 valence electrons. The van der Waals surface area contributed by atoms with Crippen molar-refractivity contribution >= 4 is 45.1 Å². The van der Waals surface area contributed by atoms with Crippen LogP contribution in [0.2, 0.25) is 0 Å². The van der Waals surface area contributed by atoms with Crippen LogP contribution in [0.3, 0.4) is 0 Å². The predicted octanol–water partition coefficient (Wildman–Crippen LogP) is 2.25. The van der Waals surface area contributed by atoms with E-state index >= 15 is 0 Å². The van der Waals surface area contributed by atoms with Crippen molar-refractivity contribution in [2.24, 2.45) is 0 Å². The Morgan fingerprint density at radius 3 is 2.35 bits per heavy atom. The van der Waals surface area contributed by atoms with Crippen LogP contribution < -0.4 is 20.1 Å². The maximum atomic E-state index is 12.6. The number of urea groups is 2. The van der Waals surface area contributed by atoms with E-state index in [0.717, 1.165) is 21.8 Å². The van der Waals surface area contributed by atoms with E-state index in [1.807, 2.05) is 4.72 Å². The summed E-state index contributed by atoms with van der Waals surface area (Å²) in [7, 11) is 2.00. The molecule has 31 heavy (non-hydrogen) atoms. The van der Waals surface area contributed by atoms with Gasteiger partial charge in [0, 0.05) is 44.6 Å². The van der Waals surface area contributed by atoms with E-state index in [1.54, 1.807) is 28.1 Å². The number of thiophene rings is 1. The lowest BCUT2D eigenvalue weighted by atomic mass is 10.2. The van der Waals surface area contributed by atoms with E-state index in [9.17, 15) is 18.0 Å². The van der Waals surface area contributed by atoms with Gasteiger partial charge < -0.3 is 14.4 Å². The first-order valence-electron chi connectivity index (χ1n) is 9.02. The Morgan fingerprint density at radius 2 is 1.77 bits per heavy atom. The fourth-order valence-corrected chi connectivity index (χ4v) is 4.83. The summed E-state index contributed by atoms with van der Waals surface area (Å²) in [6.45, 7) is 2.26. The second kappa shape index (κ2) is 10.4. The van der Waals surface area contributed by atoms with E-state index in [-0.39, 0.29) is 15.8 Å². The van der Waals surface area contributed by atoms with Gasteiger partial charge >= 0.3 is 12.1 Å². The van der Waals surface area contributed by atoms with Crippen LogP contribution in [0.5, 0.6) is 5.75 Å². The average molecular weight is 472 g/mol. The minimum absolute atomic E-state index is 0.00995. The number of anilines is 2. The van der Waals surface area contributed by atoms with Crippen molar-refractivity contribution in [1.82, 2.24) is 14.6 Å². The van der Waals surface area contributed by atoms with Gasteiger partial charge in [-0.05, 0) is 18.6 Å². The van der Waals surface area contributed by atoms with Crippen molar-refractivity contribution in [2.45, 2.75) is 17.6 Å². The number of amides is 4. The predicted molar refractivity (Wildman–Crippen MR) is 117 cm³/mol. The molecule has 2 aromatic rings. The van der Waals surface area contributed by atoms with Crippen LogP contribution in [0.15, 0.2) is 22.4 Å². The summed E-state index contributed by atoms with van der Waals surface area (Å²) in [6, 6.07) is 2.91. The summed E-state index contributed by atoms with van der Waals surface area (Å²) in [5, 5.41) is 4.87. The van der Waals surface area contributed by atoms with Gasteiger partial charge in [0.15, 0.2) is 0 Å². The molecule has 0 aromatic carbocycles. The summed E-state index contributed by atoms with van der Waals surface area (Å²) in [4.78, 5) is 30.4. The van der Waals surface area contributed by atoms with Gasteiger partial charge in [0.25, 0.3) is 10.0 Å². The number of carbonyl (C=O) groups excluding carboxylic acids is 2. The maximum Gasteiger partial charge on any atom is 0.334 e. The van der Waals surface area contributed by atoms with E-state index in [4.69, 9.17) is 9.47 Å². The molecule has 2 aromatic heterocycles.